The van der Waals surface area contributed by atoms with E-state index in [0.29, 0.717) is 13.0 Å². The van der Waals surface area contributed by atoms with Gasteiger partial charge in [0.15, 0.2) is 0 Å². The number of carbonyl (C=O) groups is 1. The Morgan fingerprint density at radius 3 is 2.35 bits per heavy atom. The SMILES string of the molecule is CC(C)(C)C1C=C(c2ccc(O)cc2)CCN1C(=O)O. The van der Waals surface area contributed by atoms with Gasteiger partial charge in [-0.1, -0.05) is 39.0 Å². The highest BCUT2D eigenvalue weighted by Crippen LogP contribution is 2.34. The number of benzene rings is 1. The summed E-state index contributed by atoms with van der Waals surface area (Å²) < 4.78 is 0. The lowest BCUT2D eigenvalue weighted by Gasteiger charge is -2.40. The van der Waals surface area contributed by atoms with Crippen LogP contribution in [0.4, 0.5) is 4.79 Å². The fraction of sp³-hybridized carbons (Fsp3) is 0.438. The summed E-state index contributed by atoms with van der Waals surface area (Å²) in [6.45, 7) is 6.64. The molecule has 0 fully saturated rings. The maximum Gasteiger partial charge on any atom is 0.407 e. The average molecular weight is 275 g/mol. The predicted octanol–water partition coefficient (Wildman–Crippen LogP) is 3.57. The maximum atomic E-state index is 11.4. The van der Waals surface area contributed by atoms with Crippen LogP contribution < -0.4 is 0 Å². The molecule has 1 unspecified atom stereocenters. The van der Waals surface area contributed by atoms with E-state index in [2.05, 4.69) is 0 Å². The summed E-state index contributed by atoms with van der Waals surface area (Å²) in [6.07, 6.45) is 1.87. The number of phenols is 1. The molecule has 2 rings (SSSR count). The molecule has 1 heterocycles. The van der Waals surface area contributed by atoms with Crippen LogP contribution in [0.25, 0.3) is 5.57 Å². The van der Waals surface area contributed by atoms with Crippen molar-refractivity contribution in [2.24, 2.45) is 5.41 Å². The summed E-state index contributed by atoms with van der Waals surface area (Å²) in [5.74, 6) is 0.240. The second-order valence-electron chi connectivity index (χ2n) is 6.28. The van der Waals surface area contributed by atoms with Crippen LogP contribution >= 0.6 is 0 Å². The highest BCUT2D eigenvalue weighted by atomic mass is 16.4. The van der Waals surface area contributed by atoms with Crippen LogP contribution in [0.15, 0.2) is 30.3 Å². The van der Waals surface area contributed by atoms with Gasteiger partial charge < -0.3 is 15.1 Å². The minimum absolute atomic E-state index is 0.141. The maximum absolute atomic E-state index is 11.4. The monoisotopic (exact) mass is 275 g/mol. The molecule has 2 N–H and O–H groups in total. The van der Waals surface area contributed by atoms with Crippen LogP contribution in [0.2, 0.25) is 0 Å². The van der Waals surface area contributed by atoms with Gasteiger partial charge in [0.05, 0.1) is 6.04 Å². The average Bonchev–Trinajstić information content (AvgIpc) is 2.38. The standard InChI is InChI=1S/C16H21NO3/c1-16(2,3)14-10-12(8-9-17(14)15(19)20)11-4-6-13(18)7-5-11/h4-7,10,14,18H,8-9H2,1-3H3,(H,19,20). The van der Waals surface area contributed by atoms with Gasteiger partial charge in [0.1, 0.15) is 5.75 Å². The number of nitrogens with zero attached hydrogens (tertiary/aromatic N) is 1. The summed E-state index contributed by atoms with van der Waals surface area (Å²) in [6, 6.07) is 6.92. The second kappa shape index (κ2) is 5.19. The van der Waals surface area contributed by atoms with E-state index in [1.165, 1.54) is 4.90 Å². The molecule has 0 aromatic heterocycles. The molecule has 4 nitrogen and oxygen atoms in total. The Labute approximate surface area is 119 Å². The molecule has 0 bridgehead atoms. The van der Waals surface area contributed by atoms with Crippen LogP contribution in [0.5, 0.6) is 5.75 Å². The zero-order valence-corrected chi connectivity index (χ0v) is 12.1. The Bertz CT molecular complexity index is 526. The molecule has 0 spiro atoms. The van der Waals surface area contributed by atoms with Crippen molar-refractivity contribution in [2.75, 3.05) is 6.54 Å². The third-order valence-corrected chi connectivity index (χ3v) is 3.69. The van der Waals surface area contributed by atoms with Crippen LogP contribution in [0.1, 0.15) is 32.8 Å². The van der Waals surface area contributed by atoms with E-state index in [4.69, 9.17) is 0 Å². The largest absolute Gasteiger partial charge is 0.508 e. The van der Waals surface area contributed by atoms with E-state index in [9.17, 15) is 15.0 Å². The van der Waals surface area contributed by atoms with Crippen molar-refractivity contribution in [1.82, 2.24) is 4.90 Å². The van der Waals surface area contributed by atoms with Crippen molar-refractivity contribution in [3.05, 3.63) is 35.9 Å². The first-order valence-electron chi connectivity index (χ1n) is 6.78. The molecule has 4 heteroatoms. The van der Waals surface area contributed by atoms with E-state index >= 15 is 0 Å². The van der Waals surface area contributed by atoms with E-state index in [1.807, 2.05) is 39.0 Å². The van der Waals surface area contributed by atoms with Crippen LogP contribution in [0, 0.1) is 5.41 Å². The molecular weight excluding hydrogens is 254 g/mol. The van der Waals surface area contributed by atoms with Crippen LogP contribution in [0.3, 0.4) is 0 Å². The number of rotatable bonds is 1. The fourth-order valence-corrected chi connectivity index (χ4v) is 2.59. The molecule has 1 amide bonds. The summed E-state index contributed by atoms with van der Waals surface area (Å²) in [5.41, 5.74) is 2.03. The van der Waals surface area contributed by atoms with Gasteiger partial charge in [-0.2, -0.15) is 0 Å². The van der Waals surface area contributed by atoms with Crippen molar-refractivity contribution < 1.29 is 15.0 Å². The third-order valence-electron chi connectivity index (χ3n) is 3.69. The number of hydrogen-bond acceptors (Lipinski definition) is 2. The Morgan fingerprint density at radius 1 is 1.25 bits per heavy atom. The van der Waals surface area contributed by atoms with Gasteiger partial charge in [0.2, 0.25) is 0 Å². The highest BCUT2D eigenvalue weighted by Gasteiger charge is 2.34. The van der Waals surface area contributed by atoms with Crippen molar-refractivity contribution in [1.29, 1.82) is 0 Å². The van der Waals surface area contributed by atoms with Gasteiger partial charge >= 0.3 is 6.09 Å². The van der Waals surface area contributed by atoms with Gasteiger partial charge in [-0.15, -0.1) is 0 Å². The normalized spacial score (nSPS) is 19.6. The third kappa shape index (κ3) is 2.95. The molecule has 1 atom stereocenters. The Morgan fingerprint density at radius 2 is 1.85 bits per heavy atom. The Balaban J connectivity index is 2.36. The Hall–Kier alpha value is -1.97. The lowest BCUT2D eigenvalue weighted by Crippen LogP contribution is -2.48. The Kier molecular flexibility index (Phi) is 3.75. The van der Waals surface area contributed by atoms with Gasteiger partial charge in [-0.25, -0.2) is 4.79 Å². The number of phenolic OH excluding ortho intramolecular Hbond substituents is 1. The van der Waals surface area contributed by atoms with Crippen LogP contribution in [-0.2, 0) is 0 Å². The van der Waals surface area contributed by atoms with Crippen molar-refractivity contribution in [2.45, 2.75) is 33.2 Å². The molecule has 1 aromatic carbocycles. The number of amides is 1. The van der Waals surface area contributed by atoms with Crippen molar-refractivity contribution >= 4 is 11.7 Å². The molecule has 0 radical (unpaired) electrons. The molecule has 1 aliphatic rings. The minimum atomic E-state index is -0.870. The summed E-state index contributed by atoms with van der Waals surface area (Å²) in [7, 11) is 0. The van der Waals surface area contributed by atoms with Crippen molar-refractivity contribution in [3.63, 3.8) is 0 Å². The van der Waals surface area contributed by atoms with E-state index in [-0.39, 0.29) is 17.2 Å². The molecule has 0 saturated heterocycles. The van der Waals surface area contributed by atoms with Gasteiger partial charge in [0, 0.05) is 6.54 Å². The number of aromatic hydroxyl groups is 1. The zero-order valence-electron chi connectivity index (χ0n) is 12.1. The topological polar surface area (TPSA) is 60.8 Å². The molecule has 1 aromatic rings. The van der Waals surface area contributed by atoms with Gasteiger partial charge in [-0.3, -0.25) is 0 Å². The predicted molar refractivity (Wildman–Crippen MR) is 78.7 cm³/mol. The molecule has 0 saturated carbocycles. The molecule has 108 valence electrons. The summed E-state index contributed by atoms with van der Waals surface area (Å²) >= 11 is 0. The first-order chi connectivity index (χ1) is 9.29. The first-order valence-corrected chi connectivity index (χ1v) is 6.78. The smallest absolute Gasteiger partial charge is 0.407 e. The quantitative estimate of drug-likeness (QED) is 0.823. The number of hydrogen-bond donors (Lipinski definition) is 2. The van der Waals surface area contributed by atoms with Crippen LogP contribution in [-0.4, -0.2) is 33.8 Å². The highest BCUT2D eigenvalue weighted by molar-refractivity contribution is 5.72. The minimum Gasteiger partial charge on any atom is -0.508 e. The van der Waals surface area contributed by atoms with Gasteiger partial charge in [0.25, 0.3) is 0 Å². The van der Waals surface area contributed by atoms with E-state index in [0.717, 1.165) is 11.1 Å². The molecule has 20 heavy (non-hydrogen) atoms. The molecule has 1 aliphatic heterocycles. The lowest BCUT2D eigenvalue weighted by molar-refractivity contribution is 0.100. The first kappa shape index (κ1) is 14.4. The lowest BCUT2D eigenvalue weighted by atomic mass is 9.81. The van der Waals surface area contributed by atoms with Crippen molar-refractivity contribution in [3.8, 4) is 5.75 Å². The fourth-order valence-electron chi connectivity index (χ4n) is 2.59. The van der Waals surface area contributed by atoms with Gasteiger partial charge in [-0.05, 0) is 35.1 Å². The second-order valence-corrected chi connectivity index (χ2v) is 6.28. The zero-order chi connectivity index (χ0) is 14.9. The van der Waals surface area contributed by atoms with E-state index in [1.54, 1.807) is 12.1 Å². The molecule has 0 aliphatic carbocycles. The summed E-state index contributed by atoms with van der Waals surface area (Å²) in [4.78, 5) is 12.9. The van der Waals surface area contributed by atoms with E-state index < -0.39 is 6.09 Å². The molecular formula is C16H21NO3. The summed E-state index contributed by atoms with van der Waals surface area (Å²) in [5, 5.41) is 18.7. The number of carboxylic acid groups (broad SMARTS) is 1.